The maximum Gasteiger partial charge on any atom is 0.161 e. The molecule has 0 radical (unpaired) electrons. The van der Waals surface area contributed by atoms with Crippen molar-refractivity contribution < 1.29 is 14.6 Å². The molecule has 1 atom stereocenters. The summed E-state index contributed by atoms with van der Waals surface area (Å²) in [5, 5.41) is 13.4. The lowest BCUT2D eigenvalue weighted by atomic mass is 9.94. The zero-order chi connectivity index (χ0) is 21.8. The van der Waals surface area contributed by atoms with Gasteiger partial charge in [-0.05, 0) is 50.9 Å². The predicted octanol–water partition coefficient (Wildman–Crippen LogP) is 2.77. The molecular weight excluding hydrogens is 394 g/mol. The molecule has 4 rings (SSSR count). The van der Waals surface area contributed by atoms with Crippen LogP contribution in [0.25, 0.3) is 5.65 Å². The number of aliphatic hydroxyl groups is 1. The van der Waals surface area contributed by atoms with Crippen molar-refractivity contribution in [3.05, 3.63) is 47.3 Å². The predicted molar refractivity (Wildman–Crippen MR) is 120 cm³/mol. The summed E-state index contributed by atoms with van der Waals surface area (Å²) in [5.41, 5.74) is 10.2. The smallest absolute Gasteiger partial charge is 0.161 e. The van der Waals surface area contributed by atoms with E-state index in [-0.39, 0.29) is 13.2 Å². The molecule has 1 aliphatic rings. The highest BCUT2D eigenvalue weighted by Gasteiger charge is 2.24. The monoisotopic (exact) mass is 425 g/mol. The molecule has 3 N–H and O–H groups in total. The van der Waals surface area contributed by atoms with Gasteiger partial charge in [-0.1, -0.05) is 6.07 Å². The molecule has 3 heterocycles. The van der Waals surface area contributed by atoms with Crippen LogP contribution in [-0.2, 0) is 6.54 Å². The summed E-state index contributed by atoms with van der Waals surface area (Å²) < 4.78 is 13.0. The number of aliphatic hydroxyl groups excluding tert-OH is 1. The van der Waals surface area contributed by atoms with Crippen LogP contribution in [0.15, 0.2) is 30.3 Å². The van der Waals surface area contributed by atoms with Gasteiger partial charge in [0.15, 0.2) is 17.1 Å². The molecule has 1 saturated heterocycles. The lowest BCUT2D eigenvalue weighted by Gasteiger charge is -2.32. The molecule has 0 amide bonds. The number of anilines is 1. The lowest BCUT2D eigenvalue weighted by molar-refractivity contribution is 0.192. The minimum atomic E-state index is -0.0221. The summed E-state index contributed by atoms with van der Waals surface area (Å²) in [5.74, 6) is 2.36. The average Bonchev–Trinajstić information content (AvgIpc) is 3.14. The van der Waals surface area contributed by atoms with Crippen molar-refractivity contribution in [3.8, 4) is 11.5 Å². The Morgan fingerprint density at radius 3 is 2.87 bits per heavy atom. The lowest BCUT2D eigenvalue weighted by Crippen LogP contribution is -2.34. The number of hydrogen-bond donors (Lipinski definition) is 2. The number of nitrogens with two attached hydrogens (primary N) is 1. The third kappa shape index (κ3) is 4.91. The van der Waals surface area contributed by atoms with E-state index in [1.807, 2.05) is 38.1 Å². The number of aryl methyl sites for hydroxylation is 1. The Bertz CT molecular complexity index is 1040. The van der Waals surface area contributed by atoms with Crippen molar-refractivity contribution in [2.45, 2.75) is 39.2 Å². The van der Waals surface area contributed by atoms with Crippen molar-refractivity contribution in [2.75, 3.05) is 38.6 Å². The molecular formula is C23H31N5O3. The van der Waals surface area contributed by atoms with Gasteiger partial charge in [-0.3, -0.25) is 4.90 Å². The van der Waals surface area contributed by atoms with Gasteiger partial charge in [0, 0.05) is 31.1 Å². The first kappa shape index (κ1) is 21.4. The molecule has 0 saturated carbocycles. The number of nitrogens with zero attached hydrogens (tertiary/aromatic N) is 4. The Labute approximate surface area is 182 Å². The quantitative estimate of drug-likeness (QED) is 0.573. The number of nitrogen functional groups attached to an aromatic ring is 1. The van der Waals surface area contributed by atoms with Crippen LogP contribution in [-0.4, -0.2) is 57.5 Å². The number of hydrogen-bond acceptors (Lipinski definition) is 7. The first-order chi connectivity index (χ1) is 15.1. The summed E-state index contributed by atoms with van der Waals surface area (Å²) in [6.45, 7) is 7.52. The Morgan fingerprint density at radius 2 is 2.06 bits per heavy atom. The van der Waals surface area contributed by atoms with Gasteiger partial charge in [-0.15, -0.1) is 0 Å². The molecule has 1 aromatic carbocycles. The molecule has 1 fully saturated rings. The van der Waals surface area contributed by atoms with Gasteiger partial charge in [0.05, 0.1) is 24.6 Å². The SMILES string of the molecule is CCOc1cc(CN2CCCC(c3cc(N)n4nc(C)cc4n3)C2)ccc1OCCO. The topological polar surface area (TPSA) is 98.1 Å². The van der Waals surface area contributed by atoms with Crippen LogP contribution >= 0.6 is 0 Å². The van der Waals surface area contributed by atoms with Gasteiger partial charge in [-0.2, -0.15) is 9.61 Å². The van der Waals surface area contributed by atoms with E-state index in [1.165, 1.54) is 5.56 Å². The van der Waals surface area contributed by atoms with Gasteiger partial charge in [-0.25, -0.2) is 4.98 Å². The van der Waals surface area contributed by atoms with Gasteiger partial charge < -0.3 is 20.3 Å². The second-order valence-electron chi connectivity index (χ2n) is 8.02. The van der Waals surface area contributed by atoms with E-state index in [4.69, 9.17) is 25.3 Å². The van der Waals surface area contributed by atoms with Crippen molar-refractivity contribution in [1.29, 1.82) is 0 Å². The number of ether oxygens (including phenoxy) is 2. The molecule has 0 bridgehead atoms. The fourth-order valence-corrected chi connectivity index (χ4v) is 4.23. The Morgan fingerprint density at radius 1 is 1.19 bits per heavy atom. The van der Waals surface area contributed by atoms with E-state index in [0.29, 0.717) is 24.1 Å². The normalized spacial score (nSPS) is 17.2. The Kier molecular flexibility index (Phi) is 6.58. The van der Waals surface area contributed by atoms with E-state index in [2.05, 4.69) is 16.1 Å². The standard InChI is InChI=1S/C23H31N5O3/c1-3-30-21-12-17(6-7-20(21)31-10-9-29)14-27-8-4-5-18(15-27)19-13-22(24)28-23(25-19)11-16(2)26-28/h6-7,11-13,18,29H,3-5,8-10,14-15,24H2,1-2H3. The van der Waals surface area contributed by atoms with Crippen LogP contribution in [0.1, 0.15) is 42.6 Å². The van der Waals surface area contributed by atoms with E-state index in [0.717, 1.165) is 55.3 Å². The van der Waals surface area contributed by atoms with Crippen LogP contribution < -0.4 is 15.2 Å². The number of likely N-dealkylation sites (tertiary alicyclic amines) is 1. The summed E-state index contributed by atoms with van der Waals surface area (Å²) in [6.07, 6.45) is 2.22. The van der Waals surface area contributed by atoms with Gasteiger partial charge in [0.1, 0.15) is 12.4 Å². The van der Waals surface area contributed by atoms with Crippen molar-refractivity contribution in [3.63, 3.8) is 0 Å². The van der Waals surface area contributed by atoms with Crippen LogP contribution in [0.3, 0.4) is 0 Å². The van der Waals surface area contributed by atoms with Gasteiger partial charge >= 0.3 is 0 Å². The minimum absolute atomic E-state index is 0.0221. The van der Waals surface area contributed by atoms with E-state index < -0.39 is 0 Å². The number of rotatable bonds is 8. The fraction of sp³-hybridized carbons (Fsp3) is 0.478. The molecule has 0 spiro atoms. The third-order valence-corrected chi connectivity index (χ3v) is 5.58. The summed E-state index contributed by atoms with van der Waals surface area (Å²) in [7, 11) is 0. The number of fused-ring (bicyclic) bond motifs is 1. The highest BCUT2D eigenvalue weighted by atomic mass is 16.5. The van der Waals surface area contributed by atoms with Crippen LogP contribution in [0.4, 0.5) is 5.82 Å². The molecule has 31 heavy (non-hydrogen) atoms. The average molecular weight is 426 g/mol. The van der Waals surface area contributed by atoms with E-state index in [1.54, 1.807) is 4.52 Å². The largest absolute Gasteiger partial charge is 0.490 e. The van der Waals surface area contributed by atoms with E-state index >= 15 is 0 Å². The molecule has 3 aromatic rings. The highest BCUT2D eigenvalue weighted by molar-refractivity contribution is 5.49. The fourth-order valence-electron chi connectivity index (χ4n) is 4.23. The van der Waals surface area contributed by atoms with Crippen molar-refractivity contribution >= 4 is 11.5 Å². The number of aromatic nitrogens is 3. The zero-order valence-electron chi connectivity index (χ0n) is 18.3. The molecule has 1 aliphatic heterocycles. The van der Waals surface area contributed by atoms with Gasteiger partial charge in [0.2, 0.25) is 0 Å². The van der Waals surface area contributed by atoms with Gasteiger partial charge in [0.25, 0.3) is 0 Å². The van der Waals surface area contributed by atoms with Crippen LogP contribution in [0.5, 0.6) is 11.5 Å². The molecule has 1 unspecified atom stereocenters. The summed E-state index contributed by atoms with van der Waals surface area (Å²) >= 11 is 0. The second-order valence-corrected chi connectivity index (χ2v) is 8.02. The highest BCUT2D eigenvalue weighted by Crippen LogP contribution is 2.31. The first-order valence-electron chi connectivity index (χ1n) is 10.9. The zero-order valence-corrected chi connectivity index (χ0v) is 18.3. The molecule has 8 heteroatoms. The minimum Gasteiger partial charge on any atom is -0.490 e. The maximum absolute atomic E-state index is 9.02. The molecule has 8 nitrogen and oxygen atoms in total. The van der Waals surface area contributed by atoms with Crippen LogP contribution in [0.2, 0.25) is 0 Å². The third-order valence-electron chi connectivity index (χ3n) is 5.58. The number of piperidine rings is 1. The number of benzene rings is 1. The maximum atomic E-state index is 9.02. The first-order valence-corrected chi connectivity index (χ1v) is 10.9. The van der Waals surface area contributed by atoms with E-state index in [9.17, 15) is 0 Å². The summed E-state index contributed by atoms with van der Waals surface area (Å²) in [6, 6.07) is 9.97. The summed E-state index contributed by atoms with van der Waals surface area (Å²) in [4.78, 5) is 7.29. The molecule has 2 aromatic heterocycles. The Balaban J connectivity index is 1.48. The molecule has 166 valence electrons. The van der Waals surface area contributed by atoms with Crippen molar-refractivity contribution in [2.24, 2.45) is 0 Å². The Hall–Kier alpha value is -2.84. The molecule has 0 aliphatic carbocycles. The van der Waals surface area contributed by atoms with Crippen LogP contribution in [0, 0.1) is 6.92 Å². The van der Waals surface area contributed by atoms with Crippen molar-refractivity contribution in [1.82, 2.24) is 19.5 Å². The second kappa shape index (κ2) is 9.53.